The number of rotatable bonds is 5. The largest absolute Gasteiger partial charge is 0.454 e. The Morgan fingerprint density at radius 3 is 2.68 bits per heavy atom. The van der Waals surface area contributed by atoms with E-state index in [1.165, 1.54) is 16.7 Å². The number of benzene rings is 3. The summed E-state index contributed by atoms with van der Waals surface area (Å²) in [5.74, 6) is 1.17. The van der Waals surface area contributed by atoms with Gasteiger partial charge < -0.3 is 14.4 Å². The average Bonchev–Trinajstić information content (AvgIpc) is 3.27. The molecule has 2 aliphatic heterocycles. The minimum Gasteiger partial charge on any atom is -0.454 e. The van der Waals surface area contributed by atoms with E-state index in [0.717, 1.165) is 37.4 Å². The van der Waals surface area contributed by atoms with Crippen molar-refractivity contribution in [3.8, 4) is 11.5 Å². The van der Waals surface area contributed by atoms with Gasteiger partial charge in [0, 0.05) is 23.1 Å². The fourth-order valence-electron chi connectivity index (χ4n) is 4.08. The van der Waals surface area contributed by atoms with Gasteiger partial charge in [-0.25, -0.2) is 5.43 Å². The SMILES string of the molecule is O=C(N/N=C\c1ccc2c(c1)OCO2)c1ccc(C[NH+]2CCc3ccccc3C2)cc1. The van der Waals surface area contributed by atoms with Crippen LogP contribution in [0.2, 0.25) is 0 Å². The first-order valence-corrected chi connectivity index (χ1v) is 10.5. The van der Waals surface area contributed by atoms with Crippen molar-refractivity contribution in [2.24, 2.45) is 5.10 Å². The van der Waals surface area contributed by atoms with Gasteiger partial charge in [-0.1, -0.05) is 36.4 Å². The van der Waals surface area contributed by atoms with Crippen LogP contribution in [0, 0.1) is 0 Å². The summed E-state index contributed by atoms with van der Waals surface area (Å²) in [7, 11) is 0. The fraction of sp³-hybridized carbons (Fsp3) is 0.200. The Hall–Kier alpha value is -3.64. The lowest BCUT2D eigenvalue weighted by Gasteiger charge is -2.26. The third-order valence-electron chi connectivity index (χ3n) is 5.75. The Labute approximate surface area is 181 Å². The average molecular weight is 414 g/mol. The Morgan fingerprint density at radius 1 is 1.00 bits per heavy atom. The number of hydrogen-bond donors (Lipinski definition) is 2. The van der Waals surface area contributed by atoms with Gasteiger partial charge in [-0.2, -0.15) is 5.10 Å². The highest BCUT2D eigenvalue weighted by atomic mass is 16.7. The van der Waals surface area contributed by atoms with Crippen molar-refractivity contribution in [1.82, 2.24) is 5.43 Å². The summed E-state index contributed by atoms with van der Waals surface area (Å²) in [6, 6.07) is 22.0. The molecular formula is C25H24N3O3+. The highest BCUT2D eigenvalue weighted by Gasteiger charge is 2.19. The Balaban J connectivity index is 1.16. The molecule has 0 radical (unpaired) electrons. The minimum absolute atomic E-state index is 0.231. The lowest BCUT2D eigenvalue weighted by molar-refractivity contribution is -0.929. The van der Waals surface area contributed by atoms with E-state index in [2.05, 4.69) is 34.8 Å². The maximum Gasteiger partial charge on any atom is 0.271 e. The van der Waals surface area contributed by atoms with Crippen LogP contribution in [0.15, 0.2) is 71.8 Å². The van der Waals surface area contributed by atoms with Gasteiger partial charge in [0.25, 0.3) is 5.91 Å². The molecule has 1 unspecified atom stereocenters. The first-order chi connectivity index (χ1) is 15.2. The van der Waals surface area contributed by atoms with Gasteiger partial charge in [-0.15, -0.1) is 0 Å². The maximum absolute atomic E-state index is 12.4. The number of quaternary nitrogens is 1. The van der Waals surface area contributed by atoms with E-state index in [1.807, 2.05) is 42.5 Å². The van der Waals surface area contributed by atoms with Crippen molar-refractivity contribution >= 4 is 12.1 Å². The van der Waals surface area contributed by atoms with Gasteiger partial charge in [-0.05, 0) is 41.5 Å². The first kappa shape index (κ1) is 19.3. The van der Waals surface area contributed by atoms with Crippen LogP contribution in [0.25, 0.3) is 0 Å². The fourth-order valence-corrected chi connectivity index (χ4v) is 4.08. The van der Waals surface area contributed by atoms with Crippen LogP contribution in [0.3, 0.4) is 0 Å². The number of hydrazone groups is 1. The highest BCUT2D eigenvalue weighted by molar-refractivity contribution is 5.94. The van der Waals surface area contributed by atoms with Crippen LogP contribution in [-0.4, -0.2) is 25.5 Å². The number of ether oxygens (including phenoxy) is 2. The van der Waals surface area contributed by atoms with Crippen molar-refractivity contribution < 1.29 is 19.2 Å². The van der Waals surface area contributed by atoms with Crippen LogP contribution in [0.1, 0.15) is 32.6 Å². The van der Waals surface area contributed by atoms with Gasteiger partial charge in [0.15, 0.2) is 11.5 Å². The Morgan fingerprint density at radius 2 is 1.81 bits per heavy atom. The van der Waals surface area contributed by atoms with Crippen LogP contribution in [-0.2, 0) is 19.5 Å². The maximum atomic E-state index is 12.4. The molecule has 3 aromatic carbocycles. The Kier molecular flexibility index (Phi) is 5.37. The molecule has 0 bridgehead atoms. The number of amides is 1. The monoisotopic (exact) mass is 414 g/mol. The zero-order valence-corrected chi connectivity index (χ0v) is 17.1. The van der Waals surface area contributed by atoms with Gasteiger partial charge >= 0.3 is 0 Å². The third-order valence-corrected chi connectivity index (χ3v) is 5.75. The third kappa shape index (κ3) is 4.44. The molecule has 2 heterocycles. The smallest absolute Gasteiger partial charge is 0.271 e. The van der Waals surface area contributed by atoms with Crippen LogP contribution in [0.5, 0.6) is 11.5 Å². The van der Waals surface area contributed by atoms with Crippen molar-refractivity contribution in [2.75, 3.05) is 13.3 Å². The van der Waals surface area contributed by atoms with E-state index in [0.29, 0.717) is 11.3 Å². The zero-order chi connectivity index (χ0) is 21.0. The number of nitrogens with one attached hydrogen (secondary N) is 2. The van der Waals surface area contributed by atoms with E-state index in [9.17, 15) is 4.79 Å². The molecule has 31 heavy (non-hydrogen) atoms. The molecule has 2 N–H and O–H groups in total. The van der Waals surface area contributed by atoms with E-state index < -0.39 is 0 Å². The summed E-state index contributed by atoms with van der Waals surface area (Å²) >= 11 is 0. The summed E-state index contributed by atoms with van der Waals surface area (Å²) in [6.07, 6.45) is 2.71. The van der Waals surface area contributed by atoms with Crippen LogP contribution < -0.4 is 19.8 Å². The molecular weight excluding hydrogens is 390 g/mol. The van der Waals surface area contributed by atoms with Gasteiger partial charge in [0.2, 0.25) is 6.79 Å². The molecule has 6 heteroatoms. The van der Waals surface area contributed by atoms with Crippen molar-refractivity contribution in [1.29, 1.82) is 0 Å². The van der Waals surface area contributed by atoms with Crippen molar-refractivity contribution in [3.63, 3.8) is 0 Å². The molecule has 0 saturated heterocycles. The summed E-state index contributed by atoms with van der Waals surface area (Å²) < 4.78 is 10.6. The molecule has 156 valence electrons. The second kappa shape index (κ2) is 8.62. The molecule has 0 spiro atoms. The first-order valence-electron chi connectivity index (χ1n) is 10.5. The molecule has 3 aromatic rings. The second-order valence-electron chi connectivity index (χ2n) is 7.88. The standard InChI is InChI=1S/C25H23N3O3/c29-25(27-26-14-19-7-10-23-24(13-19)31-17-30-23)21-8-5-18(6-9-21)15-28-12-11-20-3-1-2-4-22(20)16-28/h1-10,13-14H,11-12,15-17H2,(H,27,29)/p+1/b26-14-. The lowest BCUT2D eigenvalue weighted by Crippen LogP contribution is -3.10. The Bertz CT molecular complexity index is 1130. The number of carbonyl (C=O) groups excluding carboxylic acids is 1. The molecule has 0 fully saturated rings. The van der Waals surface area contributed by atoms with E-state index in [4.69, 9.17) is 9.47 Å². The number of carbonyl (C=O) groups is 1. The molecule has 1 atom stereocenters. The van der Waals surface area contributed by atoms with E-state index >= 15 is 0 Å². The number of fused-ring (bicyclic) bond motifs is 2. The normalized spacial score (nSPS) is 16.8. The van der Waals surface area contributed by atoms with Gasteiger partial charge in [0.05, 0.1) is 12.8 Å². The zero-order valence-electron chi connectivity index (χ0n) is 17.1. The predicted molar refractivity (Wildman–Crippen MR) is 117 cm³/mol. The topological polar surface area (TPSA) is 64.4 Å². The predicted octanol–water partition coefficient (Wildman–Crippen LogP) is 2.32. The molecule has 5 rings (SSSR count). The summed E-state index contributed by atoms with van der Waals surface area (Å²) in [6.45, 7) is 3.37. The molecule has 0 saturated carbocycles. The summed E-state index contributed by atoms with van der Waals surface area (Å²) in [4.78, 5) is 13.9. The van der Waals surface area contributed by atoms with E-state index in [-0.39, 0.29) is 12.7 Å². The lowest BCUT2D eigenvalue weighted by atomic mass is 9.99. The van der Waals surface area contributed by atoms with E-state index in [1.54, 1.807) is 11.1 Å². The van der Waals surface area contributed by atoms with Gasteiger partial charge in [-0.3, -0.25) is 4.79 Å². The van der Waals surface area contributed by atoms with Crippen LogP contribution >= 0.6 is 0 Å². The van der Waals surface area contributed by atoms with Crippen LogP contribution in [0.4, 0.5) is 0 Å². The van der Waals surface area contributed by atoms with Crippen molar-refractivity contribution in [2.45, 2.75) is 19.5 Å². The highest BCUT2D eigenvalue weighted by Crippen LogP contribution is 2.31. The number of nitrogens with zero attached hydrogens (tertiary/aromatic N) is 1. The molecule has 1 amide bonds. The molecule has 6 nitrogen and oxygen atoms in total. The summed E-state index contributed by atoms with van der Waals surface area (Å²) in [5.41, 5.74) is 8.14. The minimum atomic E-state index is -0.234. The molecule has 2 aliphatic rings. The quantitative estimate of drug-likeness (QED) is 0.498. The van der Waals surface area contributed by atoms with Gasteiger partial charge in [0.1, 0.15) is 13.1 Å². The molecule has 0 aromatic heterocycles. The van der Waals surface area contributed by atoms with Crippen molar-refractivity contribution in [3.05, 3.63) is 94.5 Å². The molecule has 0 aliphatic carbocycles. The summed E-state index contributed by atoms with van der Waals surface area (Å²) in [5, 5.41) is 4.06. The second-order valence-corrected chi connectivity index (χ2v) is 7.88. The number of hydrogen-bond acceptors (Lipinski definition) is 4.